The number of carbonyl (C=O) groups excluding carboxylic acids is 8. The summed E-state index contributed by atoms with van der Waals surface area (Å²) in [7, 11) is 1.49. The lowest BCUT2D eigenvalue weighted by atomic mass is 9.54. The topological polar surface area (TPSA) is 522 Å². The number of amides is 8. The molecule has 35 heteroatoms. The molecular formula is C76H90Cl2N10O23. The Labute approximate surface area is 645 Å². The maximum Gasteiger partial charge on any atom is 0.248 e. The molecule has 4 aliphatic carbocycles. The van der Waals surface area contributed by atoms with E-state index >= 15 is 24.0 Å². The van der Waals surface area contributed by atoms with Crippen molar-refractivity contribution in [2.24, 2.45) is 41.1 Å². The Kier molecular flexibility index (Phi) is 23.1. The maximum absolute atomic E-state index is 16.3. The van der Waals surface area contributed by atoms with E-state index in [0.29, 0.717) is 11.8 Å². The molecule has 596 valence electrons. The Morgan fingerprint density at radius 1 is 0.676 bits per heavy atom. The van der Waals surface area contributed by atoms with Crippen molar-refractivity contribution >= 4 is 70.5 Å². The van der Waals surface area contributed by atoms with Crippen molar-refractivity contribution in [1.82, 2.24) is 42.5 Å². The molecule has 0 radical (unpaired) electrons. The first-order chi connectivity index (χ1) is 52.6. The van der Waals surface area contributed by atoms with Gasteiger partial charge < -0.3 is 128 Å². The summed E-state index contributed by atoms with van der Waals surface area (Å²) in [6, 6.07) is 0.574. The van der Waals surface area contributed by atoms with Crippen molar-refractivity contribution in [1.29, 1.82) is 0 Å². The summed E-state index contributed by atoms with van der Waals surface area (Å²) in [5, 5.41) is 126. The molecule has 18 atom stereocenters. The first kappa shape index (κ1) is 79.9. The van der Waals surface area contributed by atoms with Gasteiger partial charge in [0.1, 0.15) is 95.5 Å². The zero-order valence-corrected chi connectivity index (χ0v) is 62.3. The van der Waals surface area contributed by atoms with Gasteiger partial charge in [-0.05, 0) is 171 Å². The van der Waals surface area contributed by atoms with Crippen LogP contribution in [0.15, 0.2) is 78.9 Å². The van der Waals surface area contributed by atoms with E-state index in [1.54, 1.807) is 0 Å². The second kappa shape index (κ2) is 32.1. The lowest BCUT2D eigenvalue weighted by molar-refractivity contribution is -0.333. The van der Waals surface area contributed by atoms with Crippen LogP contribution in [-0.2, 0) is 52.6 Å². The number of aromatic hydroxyl groups is 3. The highest BCUT2D eigenvalue weighted by molar-refractivity contribution is 6.32. The quantitative estimate of drug-likeness (QED) is 0.0755. The van der Waals surface area contributed by atoms with Gasteiger partial charge in [0.05, 0.1) is 41.3 Å². The Morgan fingerprint density at radius 2 is 1.28 bits per heavy atom. The number of aliphatic hydroxyl groups is 6. The number of primary amides is 1. The fourth-order valence-corrected chi connectivity index (χ4v) is 17.4. The minimum atomic E-state index is -2.32. The Bertz CT molecular complexity index is 4450. The van der Waals surface area contributed by atoms with Crippen LogP contribution in [-0.4, -0.2) is 192 Å². The van der Waals surface area contributed by atoms with Gasteiger partial charge in [-0.2, -0.15) is 0 Å². The predicted octanol–water partition coefficient (Wildman–Crippen LogP) is 1.96. The Morgan fingerprint density at radius 3 is 1.87 bits per heavy atom. The molecule has 6 fully saturated rings. The highest BCUT2D eigenvalue weighted by Crippen LogP contribution is 2.55. The number of benzene rings is 5. The van der Waals surface area contributed by atoms with E-state index in [0.717, 1.165) is 86.7 Å². The smallest absolute Gasteiger partial charge is 0.248 e. The lowest BCUT2D eigenvalue weighted by Crippen LogP contribution is -2.64. The number of halogens is 2. The van der Waals surface area contributed by atoms with Crippen molar-refractivity contribution in [2.45, 2.75) is 194 Å². The van der Waals surface area contributed by atoms with Crippen LogP contribution in [0, 0.1) is 29.6 Å². The summed E-state index contributed by atoms with van der Waals surface area (Å²) >= 11 is 14.3. The van der Waals surface area contributed by atoms with Gasteiger partial charge in [0.2, 0.25) is 59.3 Å². The summed E-state index contributed by atoms with van der Waals surface area (Å²) in [6.07, 6.45) is -13.9. The molecule has 21 N–H and O–H groups in total. The molecule has 0 aromatic heterocycles. The van der Waals surface area contributed by atoms with Crippen molar-refractivity contribution in [3.63, 3.8) is 0 Å². The number of phenols is 3. The van der Waals surface area contributed by atoms with Crippen molar-refractivity contribution in [3.05, 3.63) is 117 Å². The molecule has 5 aromatic carbocycles. The van der Waals surface area contributed by atoms with E-state index in [2.05, 4.69) is 42.5 Å². The van der Waals surface area contributed by atoms with Gasteiger partial charge in [-0.1, -0.05) is 55.2 Å². The minimum Gasteiger partial charge on any atom is -0.508 e. The third-order valence-corrected chi connectivity index (χ3v) is 22.9. The summed E-state index contributed by atoms with van der Waals surface area (Å²) < 4.78 is 38.7. The number of nitrogens with two attached hydrogens (primary N) is 2. The van der Waals surface area contributed by atoms with Crippen LogP contribution in [0.25, 0.3) is 11.1 Å². The average Bonchev–Trinajstić information content (AvgIpc) is 0.756. The number of rotatable bonds is 14. The fraction of sp³-hybridized carbons (Fsp3) is 0.500. The second-order valence-electron chi connectivity index (χ2n) is 30.8. The first-order valence-electron chi connectivity index (χ1n) is 36.7. The van der Waals surface area contributed by atoms with E-state index in [1.165, 1.54) is 45.2 Å². The van der Waals surface area contributed by atoms with Crippen molar-refractivity contribution in [2.75, 3.05) is 13.7 Å². The van der Waals surface area contributed by atoms with Crippen LogP contribution >= 0.6 is 23.2 Å². The Balaban J connectivity index is 1.01. The van der Waals surface area contributed by atoms with E-state index in [4.69, 9.17) is 63.1 Å². The van der Waals surface area contributed by atoms with E-state index in [-0.39, 0.29) is 91.6 Å². The molecule has 2 saturated heterocycles. The monoisotopic (exact) mass is 1580 g/mol. The summed E-state index contributed by atoms with van der Waals surface area (Å²) in [5.41, 5.74) is 8.92. The predicted molar refractivity (Wildman–Crippen MR) is 391 cm³/mol. The normalized spacial score (nSPS) is 32.8. The van der Waals surface area contributed by atoms with Gasteiger partial charge in [0, 0.05) is 35.2 Å². The summed E-state index contributed by atoms with van der Waals surface area (Å²) in [5.74, 6) is -13.0. The average molecular weight is 1580 g/mol. The number of likely N-dealkylation sites (N-methyl/N-ethyl adjacent to an activating group) is 1. The third-order valence-electron chi connectivity index (χ3n) is 22.3. The number of hydrogen-bond donors (Lipinski definition) is 19. The molecule has 10 unspecified atom stereocenters. The number of ether oxygens (including phenoxy) is 6. The molecule has 7 heterocycles. The molecule has 15 bridgehead atoms. The lowest BCUT2D eigenvalue weighted by Gasteiger charge is -2.54. The largest absolute Gasteiger partial charge is 0.508 e. The van der Waals surface area contributed by atoms with Crippen molar-refractivity contribution < 1.29 is 113 Å². The highest BCUT2D eigenvalue weighted by atomic mass is 35.5. The van der Waals surface area contributed by atoms with Crippen LogP contribution in [0.4, 0.5) is 0 Å². The van der Waals surface area contributed by atoms with Crippen LogP contribution in [0.2, 0.25) is 10.0 Å². The SMILES string of the molecule is CN[C@H](CC(C)C)C(=O)N[C@H]1C(=O)N[C@@H](CC(N)=O)C(=O)N[C@H]2C(=O)N[C@H]3C(=O)NC(C(=O)N[C@H](C(=O)NC4C5CC6CC(C5)CC4C6)c4cc(O)cc(O)c4-c4cc3ccc4O)[C@H](O)c3ccc(c(Cl)c3)Oc3cc2cc(c3OC2OC(CO)C(O)C(O)C2OC2CC(C)(N)C(O)C(C)O2)Oc2ccc(cc2Cl)[C@H]1O. The molecule has 111 heavy (non-hydrogen) atoms. The third kappa shape index (κ3) is 16.4. The Hall–Kier alpha value is -9.20. The zero-order valence-electron chi connectivity index (χ0n) is 60.8. The number of fused-ring (bicyclic) bond motifs is 15. The number of carbonyl (C=O) groups is 8. The number of phenolic OH excluding ortho intramolecular Hbond substituents is 3. The van der Waals surface area contributed by atoms with Crippen LogP contribution in [0.1, 0.15) is 137 Å². The van der Waals surface area contributed by atoms with Crippen molar-refractivity contribution in [3.8, 4) is 57.1 Å². The van der Waals surface area contributed by atoms with Crippen LogP contribution < -0.4 is 68.2 Å². The van der Waals surface area contributed by atoms with Gasteiger partial charge in [0.25, 0.3) is 0 Å². The molecule has 33 nitrogen and oxygen atoms in total. The molecule has 0 spiro atoms. The van der Waals surface area contributed by atoms with Gasteiger partial charge in [-0.15, -0.1) is 0 Å². The number of nitrogens with one attached hydrogen (secondary N) is 8. The van der Waals surface area contributed by atoms with Gasteiger partial charge in [0.15, 0.2) is 23.9 Å². The second-order valence-corrected chi connectivity index (χ2v) is 31.7. The fourth-order valence-electron chi connectivity index (χ4n) is 16.9. The number of hydrogen-bond acceptors (Lipinski definition) is 25. The molecule has 8 amide bonds. The van der Waals surface area contributed by atoms with E-state index in [9.17, 15) is 60.3 Å². The highest BCUT2D eigenvalue weighted by Gasteiger charge is 2.53. The molecule has 4 saturated carbocycles. The molecule has 7 aliphatic heterocycles. The molecule has 11 aliphatic rings. The zero-order chi connectivity index (χ0) is 79.7. The molecule has 16 rings (SSSR count). The van der Waals surface area contributed by atoms with E-state index < -0.39 is 210 Å². The summed E-state index contributed by atoms with van der Waals surface area (Å²) in [6.45, 7) is 5.73. The standard InChI is InChI=1S/C76H90Cl2N10O23/c1-28(2)12-43(81-5)68(99)87-59-61(94)33-7-10-47(41(77)19-33)107-49-21-37-22-50(65(49)111-75-66(64(97)63(96)51(27-89)109-75)110-53-26-76(4,80)67(98)29(3)106-53)108-48-11-8-34(20-42(48)78)62(95)60-74(105)86-58(72(103)83-55-35-14-30-13-31(16-35)17-36(55)15-30)40-23-38(90)24-46(92)54(40)39-18-32(6-9-45(39)91)56(70(101)88-60)85-71(102)57(37)84-69(100)44(25-52(79)93)82-73(59)104/h6-11,18-24,28-31,35-36,43-44,51,53,55-64,66-67,75,81,89-92,94-98H,12-17,25-27,80H2,1-5H3,(H2,79,93)(H,82,104)(H,83,103)(H,84,100)(H,85,102)(H,86,105)(H,87,99)(H,88,101)/t29?,30?,31?,35?,36?,43-,44+,51?,53?,55?,56-,57-,58+,59-,60?,61-,62-,63?,64?,66?,67?,75?,76?/m1/s1. The first-order valence-corrected chi connectivity index (χ1v) is 37.4. The van der Waals surface area contributed by atoms with Crippen LogP contribution in [0.3, 0.4) is 0 Å². The number of aliphatic hydroxyl groups excluding tert-OH is 6. The van der Waals surface area contributed by atoms with Gasteiger partial charge in [-0.25, -0.2) is 0 Å². The summed E-state index contributed by atoms with van der Waals surface area (Å²) in [4.78, 5) is 121. The van der Waals surface area contributed by atoms with Gasteiger partial charge >= 0.3 is 0 Å². The minimum absolute atomic E-state index is 0.0745. The van der Waals surface area contributed by atoms with Gasteiger partial charge in [-0.3, -0.25) is 38.4 Å². The van der Waals surface area contributed by atoms with Crippen LogP contribution in [0.5, 0.6) is 46.0 Å². The maximum atomic E-state index is 16.3. The molecular weight excluding hydrogens is 1490 g/mol. The molecule has 5 aromatic rings. The van der Waals surface area contributed by atoms with E-state index in [1.807, 2.05) is 13.8 Å².